The molecule has 0 aliphatic rings. The topological polar surface area (TPSA) is 84.5 Å². The highest BCUT2D eigenvalue weighted by atomic mass is 19.4. The van der Waals surface area contributed by atoms with E-state index >= 15 is 0 Å². The van der Waals surface area contributed by atoms with Crippen LogP contribution >= 0.6 is 0 Å². The fourth-order valence-corrected chi connectivity index (χ4v) is 2.20. The largest absolute Gasteiger partial charge is 0.452 e. The SMILES string of the molecule is CC(C)(C)C(=O)Nc1cccc(C(=O)OCC(=O)Nc2ccc(C(F)(F)F)cc2)c1. The maximum absolute atomic E-state index is 12.5. The lowest BCUT2D eigenvalue weighted by molar-refractivity contribution is -0.137. The highest BCUT2D eigenvalue weighted by Crippen LogP contribution is 2.29. The average Bonchev–Trinajstić information content (AvgIpc) is 2.65. The van der Waals surface area contributed by atoms with E-state index in [1.54, 1.807) is 32.9 Å². The average molecular weight is 422 g/mol. The molecule has 0 saturated carbocycles. The van der Waals surface area contributed by atoms with Crippen molar-refractivity contribution in [3.05, 3.63) is 59.7 Å². The summed E-state index contributed by atoms with van der Waals surface area (Å²) in [5.74, 6) is -1.73. The van der Waals surface area contributed by atoms with Crippen molar-refractivity contribution in [1.29, 1.82) is 0 Å². The van der Waals surface area contributed by atoms with Crippen LogP contribution in [0.4, 0.5) is 24.5 Å². The molecule has 0 aromatic heterocycles. The van der Waals surface area contributed by atoms with Gasteiger partial charge in [-0.2, -0.15) is 13.2 Å². The molecule has 30 heavy (non-hydrogen) atoms. The minimum absolute atomic E-state index is 0.129. The molecule has 2 N–H and O–H groups in total. The first kappa shape index (κ1) is 22.9. The Morgan fingerprint density at radius 2 is 1.53 bits per heavy atom. The molecule has 2 aromatic carbocycles. The molecule has 2 rings (SSSR count). The number of alkyl halides is 3. The lowest BCUT2D eigenvalue weighted by Gasteiger charge is -2.17. The Morgan fingerprint density at radius 1 is 0.900 bits per heavy atom. The van der Waals surface area contributed by atoms with Gasteiger partial charge in [0.1, 0.15) is 0 Å². The Bertz CT molecular complexity index is 933. The van der Waals surface area contributed by atoms with Crippen LogP contribution in [0.15, 0.2) is 48.5 Å². The molecule has 160 valence electrons. The fourth-order valence-electron chi connectivity index (χ4n) is 2.20. The van der Waals surface area contributed by atoms with Gasteiger partial charge in [-0.15, -0.1) is 0 Å². The number of hydrogen-bond donors (Lipinski definition) is 2. The molecule has 2 amide bonds. The number of nitrogens with one attached hydrogen (secondary N) is 2. The molecule has 0 unspecified atom stereocenters. The van der Waals surface area contributed by atoms with Crippen molar-refractivity contribution < 1.29 is 32.3 Å². The number of hydrogen-bond acceptors (Lipinski definition) is 4. The van der Waals surface area contributed by atoms with E-state index in [-0.39, 0.29) is 17.2 Å². The van der Waals surface area contributed by atoms with Crippen molar-refractivity contribution >= 4 is 29.2 Å². The van der Waals surface area contributed by atoms with Crippen LogP contribution in [-0.2, 0) is 20.5 Å². The molecule has 0 aliphatic heterocycles. The Kier molecular flexibility index (Phi) is 6.86. The minimum atomic E-state index is -4.47. The number of carbonyl (C=O) groups is 3. The van der Waals surface area contributed by atoms with E-state index < -0.39 is 35.6 Å². The molecule has 0 heterocycles. The Hall–Kier alpha value is -3.36. The zero-order valence-electron chi connectivity index (χ0n) is 16.6. The predicted molar refractivity (Wildman–Crippen MR) is 105 cm³/mol. The van der Waals surface area contributed by atoms with Crippen molar-refractivity contribution in [2.75, 3.05) is 17.2 Å². The predicted octanol–water partition coefficient (Wildman–Crippen LogP) is 4.49. The Balaban J connectivity index is 1.91. The Morgan fingerprint density at radius 3 is 2.10 bits per heavy atom. The molecule has 0 bridgehead atoms. The minimum Gasteiger partial charge on any atom is -0.452 e. The van der Waals surface area contributed by atoms with Crippen LogP contribution in [-0.4, -0.2) is 24.4 Å². The number of esters is 1. The quantitative estimate of drug-likeness (QED) is 0.696. The molecular formula is C21H21F3N2O4. The number of benzene rings is 2. The van der Waals surface area contributed by atoms with Gasteiger partial charge in [0.2, 0.25) is 5.91 Å². The zero-order valence-corrected chi connectivity index (χ0v) is 16.6. The van der Waals surface area contributed by atoms with Crippen LogP contribution in [0.3, 0.4) is 0 Å². The first-order valence-corrected chi connectivity index (χ1v) is 8.92. The van der Waals surface area contributed by atoms with Gasteiger partial charge >= 0.3 is 12.1 Å². The molecule has 0 atom stereocenters. The Labute approximate surface area is 171 Å². The van der Waals surface area contributed by atoms with Gasteiger partial charge in [0, 0.05) is 16.8 Å². The molecule has 9 heteroatoms. The van der Waals surface area contributed by atoms with E-state index in [0.29, 0.717) is 5.69 Å². The maximum Gasteiger partial charge on any atom is 0.416 e. The number of halogens is 3. The first-order chi connectivity index (χ1) is 13.9. The molecule has 2 aromatic rings. The third kappa shape index (κ3) is 6.61. The zero-order chi connectivity index (χ0) is 22.5. The van der Waals surface area contributed by atoms with E-state index in [2.05, 4.69) is 10.6 Å². The lowest BCUT2D eigenvalue weighted by Crippen LogP contribution is -2.27. The second kappa shape index (κ2) is 8.98. The smallest absolute Gasteiger partial charge is 0.416 e. The summed E-state index contributed by atoms with van der Waals surface area (Å²) in [4.78, 5) is 36.1. The highest BCUT2D eigenvalue weighted by Gasteiger charge is 2.30. The van der Waals surface area contributed by atoms with Crippen molar-refractivity contribution in [2.24, 2.45) is 5.41 Å². The molecule has 0 aliphatic carbocycles. The summed E-state index contributed by atoms with van der Waals surface area (Å²) in [5.41, 5.74) is -0.795. The van der Waals surface area contributed by atoms with E-state index in [4.69, 9.17) is 4.74 Å². The second-order valence-corrected chi connectivity index (χ2v) is 7.48. The summed E-state index contributed by atoms with van der Waals surface area (Å²) in [6.07, 6.45) is -4.47. The molecule has 0 radical (unpaired) electrons. The normalized spacial score (nSPS) is 11.5. The summed E-state index contributed by atoms with van der Waals surface area (Å²) in [6, 6.07) is 9.91. The van der Waals surface area contributed by atoms with E-state index in [1.165, 1.54) is 12.1 Å². The number of amides is 2. The third-order valence-corrected chi connectivity index (χ3v) is 3.87. The first-order valence-electron chi connectivity index (χ1n) is 8.92. The number of rotatable bonds is 5. The van der Waals surface area contributed by atoms with Crippen molar-refractivity contribution in [1.82, 2.24) is 0 Å². The van der Waals surface area contributed by atoms with Gasteiger partial charge in [0.05, 0.1) is 11.1 Å². The molecule has 0 saturated heterocycles. The standard InChI is InChI=1S/C21H21F3N2O4/c1-20(2,3)19(29)26-16-6-4-5-13(11-16)18(28)30-12-17(27)25-15-9-7-14(8-10-15)21(22,23)24/h4-11H,12H2,1-3H3,(H,25,27)(H,26,29). The van der Waals surface area contributed by atoms with Gasteiger partial charge in [-0.25, -0.2) is 4.79 Å². The maximum atomic E-state index is 12.5. The van der Waals surface area contributed by atoms with Crippen LogP contribution in [0.1, 0.15) is 36.7 Å². The van der Waals surface area contributed by atoms with Crippen LogP contribution in [0.5, 0.6) is 0 Å². The number of anilines is 2. The van der Waals surface area contributed by atoms with E-state index in [1.807, 2.05) is 0 Å². The summed E-state index contributed by atoms with van der Waals surface area (Å²) in [6.45, 7) is 4.61. The highest BCUT2D eigenvalue weighted by molar-refractivity contribution is 5.98. The summed E-state index contributed by atoms with van der Waals surface area (Å²) >= 11 is 0. The monoisotopic (exact) mass is 422 g/mol. The number of ether oxygens (including phenoxy) is 1. The van der Waals surface area contributed by atoms with Gasteiger partial charge < -0.3 is 15.4 Å². The van der Waals surface area contributed by atoms with Gasteiger partial charge in [-0.3, -0.25) is 9.59 Å². The van der Waals surface area contributed by atoms with Crippen LogP contribution in [0, 0.1) is 5.41 Å². The van der Waals surface area contributed by atoms with Gasteiger partial charge in [-0.05, 0) is 42.5 Å². The second-order valence-electron chi connectivity index (χ2n) is 7.48. The van der Waals surface area contributed by atoms with Gasteiger partial charge in [0.25, 0.3) is 5.91 Å². The summed E-state index contributed by atoms with van der Waals surface area (Å²) < 4.78 is 42.5. The van der Waals surface area contributed by atoms with E-state index in [9.17, 15) is 27.6 Å². The molecular weight excluding hydrogens is 401 g/mol. The van der Waals surface area contributed by atoms with Crippen molar-refractivity contribution in [3.63, 3.8) is 0 Å². The summed E-state index contributed by atoms with van der Waals surface area (Å²) in [7, 11) is 0. The van der Waals surface area contributed by atoms with Crippen LogP contribution < -0.4 is 10.6 Å². The fraction of sp³-hybridized carbons (Fsp3) is 0.286. The van der Waals surface area contributed by atoms with Crippen LogP contribution in [0.25, 0.3) is 0 Å². The molecule has 6 nitrogen and oxygen atoms in total. The van der Waals surface area contributed by atoms with Crippen molar-refractivity contribution in [3.8, 4) is 0 Å². The van der Waals surface area contributed by atoms with E-state index in [0.717, 1.165) is 24.3 Å². The van der Waals surface area contributed by atoms with Crippen molar-refractivity contribution in [2.45, 2.75) is 26.9 Å². The van der Waals surface area contributed by atoms with Gasteiger partial charge in [0.15, 0.2) is 6.61 Å². The lowest BCUT2D eigenvalue weighted by atomic mass is 9.95. The van der Waals surface area contributed by atoms with Gasteiger partial charge in [-0.1, -0.05) is 26.8 Å². The third-order valence-electron chi connectivity index (χ3n) is 3.87. The summed E-state index contributed by atoms with van der Waals surface area (Å²) in [5, 5.41) is 5.02. The molecule has 0 fully saturated rings. The van der Waals surface area contributed by atoms with Crippen LogP contribution in [0.2, 0.25) is 0 Å². The number of carbonyl (C=O) groups excluding carboxylic acids is 3. The molecule has 0 spiro atoms.